The van der Waals surface area contributed by atoms with E-state index in [1.165, 1.54) is 11.3 Å². The number of nitrogens with zero attached hydrogens (tertiary/aromatic N) is 4. The quantitative estimate of drug-likeness (QED) is 0.814. The predicted molar refractivity (Wildman–Crippen MR) is 96.4 cm³/mol. The Kier molecular flexibility index (Phi) is 5.73. The number of hydrogen-bond acceptors (Lipinski definition) is 7. The molecule has 0 atom stereocenters. The number of carbonyl (C=O) groups is 1. The summed E-state index contributed by atoms with van der Waals surface area (Å²) >= 11 is 1.47. The van der Waals surface area contributed by atoms with Crippen LogP contribution in [0.15, 0.2) is 29.8 Å². The van der Waals surface area contributed by atoms with Crippen molar-refractivity contribution in [1.29, 1.82) is 0 Å². The summed E-state index contributed by atoms with van der Waals surface area (Å²) in [5.41, 5.74) is 1.01. The molecule has 0 aliphatic carbocycles. The van der Waals surface area contributed by atoms with Crippen molar-refractivity contribution in [2.24, 2.45) is 0 Å². The lowest BCUT2D eigenvalue weighted by Gasteiger charge is -2.35. The van der Waals surface area contributed by atoms with Gasteiger partial charge in [0.1, 0.15) is 5.82 Å². The van der Waals surface area contributed by atoms with Crippen LogP contribution in [0.4, 0.5) is 10.9 Å². The normalized spacial score (nSPS) is 15.5. The second kappa shape index (κ2) is 8.18. The van der Waals surface area contributed by atoms with Gasteiger partial charge in [-0.05, 0) is 19.2 Å². The van der Waals surface area contributed by atoms with Gasteiger partial charge >= 0.3 is 0 Å². The smallest absolute Gasteiger partial charge is 0.240 e. The number of amides is 1. The molecule has 24 heavy (non-hydrogen) atoms. The Labute approximate surface area is 145 Å². The van der Waals surface area contributed by atoms with Crippen LogP contribution in [0.25, 0.3) is 0 Å². The van der Waals surface area contributed by atoms with E-state index in [1.807, 2.05) is 23.7 Å². The molecular weight excluding hydrogens is 324 g/mol. The van der Waals surface area contributed by atoms with Crippen LogP contribution < -0.4 is 15.5 Å². The number of piperazine rings is 1. The first-order valence-corrected chi connectivity index (χ1v) is 8.90. The molecule has 0 bridgehead atoms. The maximum Gasteiger partial charge on any atom is 0.240 e. The highest BCUT2D eigenvalue weighted by Gasteiger charge is 2.18. The number of rotatable bonds is 6. The van der Waals surface area contributed by atoms with E-state index in [2.05, 4.69) is 36.5 Å². The van der Waals surface area contributed by atoms with Crippen molar-refractivity contribution in [1.82, 2.24) is 20.2 Å². The van der Waals surface area contributed by atoms with Gasteiger partial charge in [0.15, 0.2) is 5.13 Å². The number of carbonyl (C=O) groups excluding carboxylic acids is 1. The summed E-state index contributed by atoms with van der Waals surface area (Å²) in [5, 5.41) is 8.30. The van der Waals surface area contributed by atoms with Gasteiger partial charge in [-0.25, -0.2) is 9.97 Å². The molecule has 1 amide bonds. The monoisotopic (exact) mass is 346 g/mol. The van der Waals surface area contributed by atoms with Gasteiger partial charge in [0.05, 0.1) is 12.2 Å². The largest absolute Gasteiger partial charge is 0.354 e. The van der Waals surface area contributed by atoms with Crippen molar-refractivity contribution in [3.05, 3.63) is 35.5 Å². The zero-order chi connectivity index (χ0) is 16.8. The van der Waals surface area contributed by atoms with Crippen LogP contribution in [-0.2, 0) is 11.3 Å². The van der Waals surface area contributed by atoms with Crippen molar-refractivity contribution >= 4 is 28.2 Å². The van der Waals surface area contributed by atoms with Crippen molar-refractivity contribution < 1.29 is 4.79 Å². The number of anilines is 2. The molecule has 2 N–H and O–H groups in total. The molecule has 1 fully saturated rings. The standard InChI is InChI=1S/C16H22N6OS/c1-17-10-15(23)20-16-19-13(12-24-16)11-21-6-8-22(9-7-21)14-4-2-3-5-18-14/h2-5,12,17H,6-11H2,1H3,(H,19,20,23). The zero-order valence-electron chi connectivity index (χ0n) is 13.7. The maximum absolute atomic E-state index is 11.6. The first-order chi connectivity index (χ1) is 11.7. The molecule has 2 aromatic heterocycles. The molecule has 1 saturated heterocycles. The van der Waals surface area contributed by atoms with Gasteiger partial charge in [-0.15, -0.1) is 11.3 Å². The lowest BCUT2D eigenvalue weighted by atomic mass is 10.3. The topological polar surface area (TPSA) is 73.4 Å². The average Bonchev–Trinajstić information content (AvgIpc) is 3.03. The van der Waals surface area contributed by atoms with E-state index in [4.69, 9.17) is 0 Å². The van der Waals surface area contributed by atoms with E-state index in [0.717, 1.165) is 44.2 Å². The molecule has 2 aromatic rings. The Morgan fingerprint density at radius 2 is 2.12 bits per heavy atom. The molecular formula is C16H22N6OS. The first kappa shape index (κ1) is 16.8. The number of thiazole rings is 1. The minimum atomic E-state index is -0.0672. The predicted octanol–water partition coefficient (Wildman–Crippen LogP) is 1.02. The third-order valence-corrected chi connectivity index (χ3v) is 4.67. The first-order valence-electron chi connectivity index (χ1n) is 8.02. The fraction of sp³-hybridized carbons (Fsp3) is 0.438. The molecule has 0 spiro atoms. The van der Waals surface area contributed by atoms with Gasteiger partial charge in [-0.2, -0.15) is 0 Å². The third kappa shape index (κ3) is 4.50. The molecule has 0 unspecified atom stereocenters. The molecule has 7 nitrogen and oxygen atoms in total. The highest BCUT2D eigenvalue weighted by Crippen LogP contribution is 2.18. The molecule has 0 saturated carbocycles. The Hall–Kier alpha value is -2.03. The van der Waals surface area contributed by atoms with Gasteiger partial charge in [0.2, 0.25) is 5.91 Å². The van der Waals surface area contributed by atoms with Crippen molar-refractivity contribution in [3.8, 4) is 0 Å². The van der Waals surface area contributed by atoms with Gasteiger partial charge in [0.25, 0.3) is 0 Å². The Morgan fingerprint density at radius 3 is 2.83 bits per heavy atom. The Balaban J connectivity index is 1.48. The van der Waals surface area contributed by atoms with Crippen LogP contribution in [0.1, 0.15) is 5.69 Å². The van der Waals surface area contributed by atoms with Gasteiger partial charge < -0.3 is 15.5 Å². The summed E-state index contributed by atoms with van der Waals surface area (Å²) in [6.45, 7) is 5.00. The number of hydrogen-bond donors (Lipinski definition) is 2. The van der Waals surface area contributed by atoms with Crippen LogP contribution in [0.3, 0.4) is 0 Å². The van der Waals surface area contributed by atoms with E-state index in [1.54, 1.807) is 7.05 Å². The third-order valence-electron chi connectivity index (χ3n) is 3.87. The number of aromatic nitrogens is 2. The van der Waals surface area contributed by atoms with E-state index in [-0.39, 0.29) is 5.91 Å². The molecule has 8 heteroatoms. The summed E-state index contributed by atoms with van der Waals surface area (Å²) in [6, 6.07) is 6.01. The van der Waals surface area contributed by atoms with Crippen molar-refractivity contribution in [2.75, 3.05) is 50.0 Å². The number of nitrogens with one attached hydrogen (secondary N) is 2. The number of pyridine rings is 1. The Bertz CT molecular complexity index is 654. The highest BCUT2D eigenvalue weighted by molar-refractivity contribution is 7.13. The van der Waals surface area contributed by atoms with E-state index >= 15 is 0 Å². The lowest BCUT2D eigenvalue weighted by molar-refractivity contribution is -0.115. The molecule has 0 aromatic carbocycles. The molecule has 128 valence electrons. The minimum Gasteiger partial charge on any atom is -0.354 e. The van der Waals surface area contributed by atoms with Crippen molar-refractivity contribution in [3.63, 3.8) is 0 Å². The zero-order valence-corrected chi connectivity index (χ0v) is 14.6. The fourth-order valence-electron chi connectivity index (χ4n) is 2.67. The summed E-state index contributed by atoms with van der Waals surface area (Å²) in [6.07, 6.45) is 1.83. The van der Waals surface area contributed by atoms with Gasteiger partial charge in [-0.1, -0.05) is 6.07 Å². The van der Waals surface area contributed by atoms with Gasteiger partial charge in [-0.3, -0.25) is 9.69 Å². The summed E-state index contributed by atoms with van der Waals surface area (Å²) in [7, 11) is 1.75. The summed E-state index contributed by atoms with van der Waals surface area (Å²) in [4.78, 5) is 25.1. The lowest BCUT2D eigenvalue weighted by Crippen LogP contribution is -2.46. The second-order valence-corrected chi connectivity index (χ2v) is 6.53. The summed E-state index contributed by atoms with van der Waals surface area (Å²) < 4.78 is 0. The van der Waals surface area contributed by atoms with Crippen LogP contribution >= 0.6 is 11.3 Å². The van der Waals surface area contributed by atoms with Crippen molar-refractivity contribution in [2.45, 2.75) is 6.54 Å². The molecule has 0 radical (unpaired) electrons. The molecule has 3 heterocycles. The molecule has 1 aliphatic rings. The summed E-state index contributed by atoms with van der Waals surface area (Å²) in [5.74, 6) is 0.975. The fourth-order valence-corrected chi connectivity index (χ4v) is 3.38. The van der Waals surface area contributed by atoms with Crippen LogP contribution in [0.2, 0.25) is 0 Å². The molecule has 1 aliphatic heterocycles. The highest BCUT2D eigenvalue weighted by atomic mass is 32.1. The minimum absolute atomic E-state index is 0.0672. The van der Waals surface area contributed by atoms with Gasteiger partial charge in [0, 0.05) is 44.3 Å². The van der Waals surface area contributed by atoms with Crippen LogP contribution in [0.5, 0.6) is 0 Å². The van der Waals surface area contributed by atoms with E-state index < -0.39 is 0 Å². The Morgan fingerprint density at radius 1 is 1.29 bits per heavy atom. The van der Waals surface area contributed by atoms with Crippen LogP contribution in [0, 0.1) is 0 Å². The molecule has 3 rings (SSSR count). The van der Waals surface area contributed by atoms with E-state index in [0.29, 0.717) is 11.7 Å². The average molecular weight is 346 g/mol. The maximum atomic E-state index is 11.6. The van der Waals surface area contributed by atoms with Crippen LogP contribution in [-0.4, -0.2) is 60.5 Å². The van der Waals surface area contributed by atoms with E-state index in [9.17, 15) is 4.79 Å². The SMILES string of the molecule is CNCC(=O)Nc1nc(CN2CCN(c3ccccn3)CC2)cs1. The second-order valence-electron chi connectivity index (χ2n) is 5.67. The number of likely N-dealkylation sites (N-methyl/N-ethyl adjacent to an activating group) is 1.